The zero-order chi connectivity index (χ0) is 17.0. The number of rotatable bonds is 4. The number of aryl methyl sites for hydroxylation is 2. The number of nitro benzene ring substituents is 1. The number of benzene rings is 2. The van der Waals surface area contributed by atoms with Gasteiger partial charge in [0.2, 0.25) is 0 Å². The predicted octanol–water partition coefficient (Wildman–Crippen LogP) is 3.37. The summed E-state index contributed by atoms with van der Waals surface area (Å²) in [5.74, 6) is -0.486. The zero-order valence-corrected chi connectivity index (χ0v) is 13.2. The van der Waals surface area contributed by atoms with Crippen LogP contribution in [0.4, 0.5) is 5.69 Å². The first-order valence-electron chi connectivity index (χ1n) is 7.05. The lowest BCUT2D eigenvalue weighted by molar-refractivity contribution is -0.385. The first-order chi connectivity index (χ1) is 10.9. The summed E-state index contributed by atoms with van der Waals surface area (Å²) < 4.78 is 0. The smallest absolute Gasteiger partial charge is 0.267 e. The molecule has 0 bridgehead atoms. The van der Waals surface area contributed by atoms with E-state index in [-0.39, 0.29) is 11.3 Å². The van der Waals surface area contributed by atoms with Crippen molar-refractivity contribution in [3.63, 3.8) is 0 Å². The summed E-state index contributed by atoms with van der Waals surface area (Å²) >= 11 is 0. The highest BCUT2D eigenvalue weighted by molar-refractivity contribution is 6.01. The van der Waals surface area contributed by atoms with E-state index >= 15 is 0 Å². The van der Waals surface area contributed by atoms with Gasteiger partial charge in [0, 0.05) is 17.2 Å². The largest absolute Gasteiger partial charge is 0.273 e. The molecule has 0 saturated carbocycles. The van der Waals surface area contributed by atoms with Crippen LogP contribution in [0.2, 0.25) is 0 Å². The first kappa shape index (κ1) is 16.4. The van der Waals surface area contributed by atoms with Gasteiger partial charge in [-0.1, -0.05) is 35.9 Å². The standard InChI is InChI=1S/C17H17N3O3/c1-11-5-4-6-14(9-11)13(3)18-19-17(21)15-8-7-12(2)16(10-15)20(22)23/h4-10H,1-3H3,(H,19,21)/b18-13+. The number of hydrogen-bond acceptors (Lipinski definition) is 4. The van der Waals surface area contributed by atoms with Gasteiger partial charge in [-0.2, -0.15) is 5.10 Å². The van der Waals surface area contributed by atoms with Crippen molar-refractivity contribution in [2.75, 3.05) is 0 Å². The average Bonchev–Trinajstić information content (AvgIpc) is 2.52. The molecule has 1 amide bonds. The van der Waals surface area contributed by atoms with Crippen molar-refractivity contribution in [2.24, 2.45) is 5.10 Å². The molecule has 2 aromatic rings. The molecule has 118 valence electrons. The van der Waals surface area contributed by atoms with E-state index in [0.29, 0.717) is 11.3 Å². The maximum absolute atomic E-state index is 12.1. The summed E-state index contributed by atoms with van der Waals surface area (Å²) in [5, 5.41) is 15.0. The number of nitrogens with one attached hydrogen (secondary N) is 1. The van der Waals surface area contributed by atoms with Crippen LogP contribution < -0.4 is 5.43 Å². The van der Waals surface area contributed by atoms with Crippen molar-refractivity contribution in [2.45, 2.75) is 20.8 Å². The van der Waals surface area contributed by atoms with Crippen LogP contribution in [0.15, 0.2) is 47.6 Å². The highest BCUT2D eigenvalue weighted by Crippen LogP contribution is 2.19. The lowest BCUT2D eigenvalue weighted by atomic mass is 10.1. The lowest BCUT2D eigenvalue weighted by Crippen LogP contribution is -2.19. The van der Waals surface area contributed by atoms with Crippen molar-refractivity contribution in [3.8, 4) is 0 Å². The summed E-state index contributed by atoms with van der Waals surface area (Å²) in [4.78, 5) is 22.5. The number of carbonyl (C=O) groups is 1. The molecular formula is C17H17N3O3. The van der Waals surface area contributed by atoms with Crippen LogP contribution in [-0.2, 0) is 0 Å². The van der Waals surface area contributed by atoms with Crippen molar-refractivity contribution < 1.29 is 9.72 Å². The summed E-state index contributed by atoms with van der Waals surface area (Å²) in [6.07, 6.45) is 0. The third-order valence-corrected chi connectivity index (χ3v) is 3.43. The SMILES string of the molecule is C/C(=N\NC(=O)c1ccc(C)c([N+](=O)[O-])c1)c1cccc(C)c1. The second-order valence-electron chi connectivity index (χ2n) is 5.27. The normalized spacial score (nSPS) is 11.2. The Morgan fingerprint density at radius 3 is 2.52 bits per heavy atom. The van der Waals surface area contributed by atoms with Gasteiger partial charge in [-0.25, -0.2) is 5.43 Å². The monoisotopic (exact) mass is 311 g/mol. The number of carbonyl (C=O) groups excluding carboxylic acids is 1. The molecule has 0 heterocycles. The Labute approximate surface area is 134 Å². The number of hydrazone groups is 1. The molecule has 0 saturated heterocycles. The first-order valence-corrected chi connectivity index (χ1v) is 7.05. The van der Waals surface area contributed by atoms with E-state index < -0.39 is 10.8 Å². The van der Waals surface area contributed by atoms with Gasteiger partial charge < -0.3 is 0 Å². The van der Waals surface area contributed by atoms with Crippen LogP contribution >= 0.6 is 0 Å². The van der Waals surface area contributed by atoms with Gasteiger partial charge in [0.15, 0.2) is 0 Å². The van der Waals surface area contributed by atoms with Crippen LogP contribution in [0.1, 0.15) is 34.0 Å². The molecule has 0 radical (unpaired) electrons. The van der Waals surface area contributed by atoms with E-state index in [1.807, 2.05) is 31.2 Å². The Kier molecular flexibility index (Phi) is 4.85. The molecule has 0 aliphatic rings. The fourth-order valence-electron chi connectivity index (χ4n) is 2.08. The quantitative estimate of drug-likeness (QED) is 0.533. The molecule has 0 spiro atoms. The fourth-order valence-corrected chi connectivity index (χ4v) is 2.08. The minimum atomic E-state index is -0.507. The van der Waals surface area contributed by atoms with Crippen LogP contribution in [-0.4, -0.2) is 16.5 Å². The third-order valence-electron chi connectivity index (χ3n) is 3.43. The van der Waals surface area contributed by atoms with Gasteiger partial charge in [0.25, 0.3) is 11.6 Å². The Morgan fingerprint density at radius 1 is 1.13 bits per heavy atom. The molecule has 0 fully saturated rings. The highest BCUT2D eigenvalue weighted by Gasteiger charge is 2.14. The molecule has 0 aliphatic carbocycles. The minimum absolute atomic E-state index is 0.0861. The van der Waals surface area contributed by atoms with Crippen molar-refractivity contribution in [1.29, 1.82) is 0 Å². The predicted molar refractivity (Wildman–Crippen MR) is 88.7 cm³/mol. The average molecular weight is 311 g/mol. The molecule has 23 heavy (non-hydrogen) atoms. The van der Waals surface area contributed by atoms with Crippen molar-refractivity contribution in [3.05, 3.63) is 74.8 Å². The van der Waals surface area contributed by atoms with Crippen molar-refractivity contribution >= 4 is 17.3 Å². The maximum Gasteiger partial charge on any atom is 0.273 e. The Balaban J connectivity index is 2.18. The Bertz CT molecular complexity index is 797. The summed E-state index contributed by atoms with van der Waals surface area (Å²) in [7, 11) is 0. The number of nitrogens with zero attached hydrogens (tertiary/aromatic N) is 2. The molecular weight excluding hydrogens is 294 g/mol. The van der Waals surface area contributed by atoms with Crippen LogP contribution in [0.25, 0.3) is 0 Å². The second kappa shape index (κ2) is 6.83. The van der Waals surface area contributed by atoms with Gasteiger partial charge in [-0.05, 0) is 32.4 Å². The Hall–Kier alpha value is -3.02. The summed E-state index contributed by atoms with van der Waals surface area (Å²) in [6.45, 7) is 5.38. The third kappa shape index (κ3) is 4.00. The second-order valence-corrected chi connectivity index (χ2v) is 5.27. The van der Waals surface area contributed by atoms with Crippen molar-refractivity contribution in [1.82, 2.24) is 5.43 Å². The molecule has 0 unspecified atom stereocenters. The molecule has 0 atom stereocenters. The molecule has 2 rings (SSSR count). The van der Waals surface area contributed by atoms with E-state index in [9.17, 15) is 14.9 Å². The maximum atomic E-state index is 12.1. The molecule has 6 heteroatoms. The van der Waals surface area contributed by atoms with Gasteiger partial charge >= 0.3 is 0 Å². The number of amides is 1. The van der Waals surface area contributed by atoms with Gasteiger partial charge in [0.1, 0.15) is 0 Å². The number of hydrogen-bond donors (Lipinski definition) is 1. The fraction of sp³-hybridized carbons (Fsp3) is 0.176. The minimum Gasteiger partial charge on any atom is -0.267 e. The van der Waals surface area contributed by atoms with Gasteiger partial charge in [0.05, 0.1) is 10.6 Å². The van der Waals surface area contributed by atoms with E-state index in [1.165, 1.54) is 12.1 Å². The van der Waals surface area contributed by atoms with Gasteiger partial charge in [-0.3, -0.25) is 14.9 Å². The molecule has 0 aliphatic heterocycles. The molecule has 0 aromatic heterocycles. The van der Waals surface area contributed by atoms with Crippen LogP contribution in [0.3, 0.4) is 0 Å². The molecule has 1 N–H and O–H groups in total. The number of nitro groups is 1. The lowest BCUT2D eigenvalue weighted by Gasteiger charge is -2.05. The highest BCUT2D eigenvalue weighted by atomic mass is 16.6. The van der Waals surface area contributed by atoms with E-state index in [4.69, 9.17) is 0 Å². The summed E-state index contributed by atoms with van der Waals surface area (Å²) in [6, 6.07) is 12.1. The summed E-state index contributed by atoms with van der Waals surface area (Å²) in [5.41, 5.74) is 5.70. The Morgan fingerprint density at radius 2 is 1.87 bits per heavy atom. The van der Waals surface area contributed by atoms with E-state index in [2.05, 4.69) is 10.5 Å². The van der Waals surface area contributed by atoms with Gasteiger partial charge in [-0.15, -0.1) is 0 Å². The zero-order valence-electron chi connectivity index (χ0n) is 13.2. The van der Waals surface area contributed by atoms with E-state index in [1.54, 1.807) is 19.9 Å². The molecule has 2 aromatic carbocycles. The topological polar surface area (TPSA) is 84.6 Å². The van der Waals surface area contributed by atoms with Crippen LogP contribution in [0, 0.1) is 24.0 Å². The van der Waals surface area contributed by atoms with E-state index in [0.717, 1.165) is 11.1 Å². The molecule has 6 nitrogen and oxygen atoms in total. The van der Waals surface area contributed by atoms with Crippen LogP contribution in [0.5, 0.6) is 0 Å².